The van der Waals surface area contributed by atoms with Crippen LogP contribution in [-0.2, 0) is 9.53 Å². The highest BCUT2D eigenvalue weighted by Gasteiger charge is 2.22. The molecule has 1 saturated carbocycles. The van der Waals surface area contributed by atoms with Crippen LogP contribution in [0.25, 0.3) is 0 Å². The molecule has 2 aromatic rings. The fourth-order valence-corrected chi connectivity index (χ4v) is 3.50. The third-order valence-corrected chi connectivity index (χ3v) is 4.96. The Morgan fingerprint density at radius 3 is 2.92 bits per heavy atom. The number of nitrogens with one attached hydrogen (secondary N) is 1. The van der Waals surface area contributed by atoms with Gasteiger partial charge in [0, 0.05) is 13.2 Å². The average Bonchev–Trinajstić information content (AvgIpc) is 3.33. The van der Waals surface area contributed by atoms with Crippen molar-refractivity contribution in [2.24, 2.45) is 0 Å². The van der Waals surface area contributed by atoms with Crippen molar-refractivity contribution in [3.63, 3.8) is 0 Å². The first-order valence-corrected chi connectivity index (χ1v) is 9.53. The van der Waals surface area contributed by atoms with Crippen molar-refractivity contribution in [2.75, 3.05) is 31.4 Å². The first-order valence-electron chi connectivity index (χ1n) is 8.54. The van der Waals surface area contributed by atoms with E-state index in [0.29, 0.717) is 36.0 Å². The van der Waals surface area contributed by atoms with Crippen LogP contribution in [0.5, 0.6) is 5.88 Å². The fourth-order valence-electron chi connectivity index (χ4n) is 2.75. The lowest BCUT2D eigenvalue weighted by Gasteiger charge is -2.10. The van der Waals surface area contributed by atoms with Gasteiger partial charge in [-0.2, -0.15) is 0 Å². The molecule has 0 aliphatic heterocycles. The van der Waals surface area contributed by atoms with Crippen LogP contribution in [-0.4, -0.2) is 57.2 Å². The van der Waals surface area contributed by atoms with Gasteiger partial charge in [-0.3, -0.25) is 4.79 Å². The SMILES string of the molecule is COCCOc1ccc(NC(=O)CSc2nnnn2C2CCCC2)cn1. The largest absolute Gasteiger partial charge is 0.475 e. The number of aromatic nitrogens is 5. The molecule has 0 radical (unpaired) electrons. The van der Waals surface area contributed by atoms with Gasteiger partial charge in [0.05, 0.1) is 30.3 Å². The van der Waals surface area contributed by atoms with Gasteiger partial charge in [-0.25, -0.2) is 9.67 Å². The van der Waals surface area contributed by atoms with Gasteiger partial charge in [0.15, 0.2) is 0 Å². The predicted octanol–water partition coefficient (Wildman–Crippen LogP) is 1.94. The van der Waals surface area contributed by atoms with Gasteiger partial charge in [0.2, 0.25) is 16.9 Å². The summed E-state index contributed by atoms with van der Waals surface area (Å²) in [5, 5.41) is 15.3. The van der Waals surface area contributed by atoms with Crippen molar-refractivity contribution in [3.8, 4) is 5.88 Å². The molecule has 0 atom stereocenters. The first kappa shape index (κ1) is 18.6. The Morgan fingerprint density at radius 1 is 1.35 bits per heavy atom. The minimum atomic E-state index is -0.133. The van der Waals surface area contributed by atoms with Gasteiger partial charge in [-0.1, -0.05) is 24.6 Å². The van der Waals surface area contributed by atoms with E-state index >= 15 is 0 Å². The lowest BCUT2D eigenvalue weighted by atomic mass is 10.3. The van der Waals surface area contributed by atoms with Crippen LogP contribution in [0.1, 0.15) is 31.7 Å². The van der Waals surface area contributed by atoms with Crippen molar-refractivity contribution < 1.29 is 14.3 Å². The van der Waals surface area contributed by atoms with Crippen LogP contribution in [0.4, 0.5) is 5.69 Å². The number of anilines is 1. The van der Waals surface area contributed by atoms with Gasteiger partial charge in [0.1, 0.15) is 6.61 Å². The van der Waals surface area contributed by atoms with Gasteiger partial charge in [-0.05, 0) is 29.3 Å². The minimum Gasteiger partial charge on any atom is -0.475 e. The summed E-state index contributed by atoms with van der Waals surface area (Å²) in [6.45, 7) is 0.930. The van der Waals surface area contributed by atoms with Crippen LogP contribution in [0.15, 0.2) is 23.5 Å². The van der Waals surface area contributed by atoms with E-state index in [-0.39, 0.29) is 11.7 Å². The number of carbonyl (C=O) groups is 1. The van der Waals surface area contributed by atoms with Crippen molar-refractivity contribution in [3.05, 3.63) is 18.3 Å². The zero-order valence-corrected chi connectivity index (χ0v) is 15.4. The molecular weight excluding hydrogens is 356 g/mol. The maximum Gasteiger partial charge on any atom is 0.234 e. The summed E-state index contributed by atoms with van der Waals surface area (Å²) >= 11 is 1.34. The van der Waals surface area contributed by atoms with Crippen molar-refractivity contribution in [1.29, 1.82) is 0 Å². The summed E-state index contributed by atoms with van der Waals surface area (Å²) in [5.41, 5.74) is 0.616. The van der Waals surface area contributed by atoms with E-state index in [4.69, 9.17) is 9.47 Å². The molecule has 9 nitrogen and oxygen atoms in total. The Balaban J connectivity index is 1.46. The van der Waals surface area contributed by atoms with Crippen LogP contribution in [0, 0.1) is 0 Å². The second kappa shape index (κ2) is 9.48. The van der Waals surface area contributed by atoms with E-state index in [1.807, 2.05) is 4.68 Å². The lowest BCUT2D eigenvalue weighted by Crippen LogP contribution is -2.15. The van der Waals surface area contributed by atoms with Gasteiger partial charge in [-0.15, -0.1) is 5.10 Å². The standard InChI is InChI=1S/C16H22N6O3S/c1-24-8-9-25-15-7-6-12(10-17-15)18-14(23)11-26-16-19-20-21-22(16)13-4-2-3-5-13/h6-7,10,13H,2-5,8-9,11H2,1H3,(H,18,23). The number of thioether (sulfide) groups is 1. The Labute approximate surface area is 155 Å². The summed E-state index contributed by atoms with van der Waals surface area (Å²) in [6, 6.07) is 3.81. The van der Waals surface area contributed by atoms with E-state index in [1.54, 1.807) is 25.4 Å². The zero-order valence-electron chi connectivity index (χ0n) is 14.6. The number of hydrogen-bond acceptors (Lipinski definition) is 8. The van der Waals surface area contributed by atoms with Crippen LogP contribution in [0.2, 0.25) is 0 Å². The van der Waals surface area contributed by atoms with Crippen molar-refractivity contribution >= 4 is 23.4 Å². The maximum atomic E-state index is 12.2. The molecule has 1 aliphatic carbocycles. The highest BCUT2D eigenvalue weighted by Crippen LogP contribution is 2.31. The monoisotopic (exact) mass is 378 g/mol. The molecule has 1 fully saturated rings. The van der Waals surface area contributed by atoms with Crippen LogP contribution >= 0.6 is 11.8 Å². The third-order valence-electron chi connectivity index (χ3n) is 4.02. The Kier molecular flexibility index (Phi) is 6.78. The zero-order chi connectivity index (χ0) is 18.2. The molecule has 2 heterocycles. The topological polar surface area (TPSA) is 104 Å². The van der Waals surface area contributed by atoms with E-state index in [1.165, 1.54) is 24.6 Å². The average molecular weight is 378 g/mol. The molecule has 10 heteroatoms. The fraction of sp³-hybridized carbons (Fsp3) is 0.562. The molecule has 0 spiro atoms. The van der Waals surface area contributed by atoms with E-state index in [2.05, 4.69) is 25.8 Å². The molecule has 1 aliphatic rings. The molecule has 26 heavy (non-hydrogen) atoms. The molecule has 1 amide bonds. The van der Waals surface area contributed by atoms with E-state index < -0.39 is 0 Å². The van der Waals surface area contributed by atoms with E-state index in [9.17, 15) is 4.79 Å². The normalized spacial score (nSPS) is 14.5. The third kappa shape index (κ3) is 5.15. The molecule has 1 N–H and O–H groups in total. The Morgan fingerprint density at radius 2 is 2.19 bits per heavy atom. The van der Waals surface area contributed by atoms with Gasteiger partial charge in [0.25, 0.3) is 0 Å². The number of rotatable bonds is 9. The number of amides is 1. The smallest absolute Gasteiger partial charge is 0.234 e. The van der Waals surface area contributed by atoms with E-state index in [0.717, 1.165) is 12.8 Å². The molecule has 3 rings (SSSR count). The Hall–Kier alpha value is -2.20. The number of pyridine rings is 1. The molecule has 0 bridgehead atoms. The molecule has 0 saturated heterocycles. The molecule has 140 valence electrons. The second-order valence-electron chi connectivity index (χ2n) is 5.91. The van der Waals surface area contributed by atoms with Crippen LogP contribution < -0.4 is 10.1 Å². The Bertz CT molecular complexity index is 702. The summed E-state index contributed by atoms with van der Waals surface area (Å²) in [7, 11) is 1.61. The summed E-state index contributed by atoms with van der Waals surface area (Å²) in [5.74, 6) is 0.593. The highest BCUT2D eigenvalue weighted by atomic mass is 32.2. The van der Waals surface area contributed by atoms with Crippen LogP contribution in [0.3, 0.4) is 0 Å². The number of carbonyl (C=O) groups excluding carboxylic acids is 1. The van der Waals surface area contributed by atoms with Gasteiger partial charge >= 0.3 is 0 Å². The number of nitrogens with zero attached hydrogens (tertiary/aromatic N) is 5. The molecule has 0 unspecified atom stereocenters. The maximum absolute atomic E-state index is 12.2. The number of hydrogen-bond donors (Lipinski definition) is 1. The highest BCUT2D eigenvalue weighted by molar-refractivity contribution is 7.99. The predicted molar refractivity (Wildman–Crippen MR) is 96.3 cm³/mol. The lowest BCUT2D eigenvalue weighted by molar-refractivity contribution is -0.113. The molecule has 0 aromatic carbocycles. The van der Waals surface area contributed by atoms with Crippen molar-refractivity contribution in [1.82, 2.24) is 25.2 Å². The number of tetrazole rings is 1. The second-order valence-corrected chi connectivity index (χ2v) is 6.85. The summed E-state index contributed by atoms with van der Waals surface area (Å²) in [6.07, 6.45) is 6.15. The quantitative estimate of drug-likeness (QED) is 0.521. The van der Waals surface area contributed by atoms with Gasteiger partial charge < -0.3 is 14.8 Å². The van der Waals surface area contributed by atoms with Crippen molar-refractivity contribution in [2.45, 2.75) is 36.9 Å². The first-order chi connectivity index (χ1) is 12.8. The number of ether oxygens (including phenoxy) is 2. The summed E-state index contributed by atoms with van der Waals surface area (Å²) in [4.78, 5) is 16.3. The molecular formula is C16H22N6O3S. The molecule has 2 aromatic heterocycles. The minimum absolute atomic E-state index is 0.133. The summed E-state index contributed by atoms with van der Waals surface area (Å²) < 4.78 is 12.1. The number of methoxy groups -OCH3 is 1.